The van der Waals surface area contributed by atoms with Gasteiger partial charge in [0.05, 0.1) is 5.56 Å². The summed E-state index contributed by atoms with van der Waals surface area (Å²) in [5.74, 6) is 0.0927. The number of nitrogens with zero attached hydrogens (tertiary/aromatic N) is 5. The number of anilines is 1. The molecule has 1 N–H and O–H groups in total. The Kier molecular flexibility index (Phi) is 8.20. The number of ether oxygens (including phenoxy) is 2. The predicted octanol–water partition coefficient (Wildman–Crippen LogP) is 4.93. The average molecular weight is 589 g/mol. The van der Waals surface area contributed by atoms with Gasteiger partial charge in [-0.15, -0.1) is 0 Å². The number of alkyl halides is 3. The molecule has 0 atom stereocenters. The Hall–Kier alpha value is -4.03. The fourth-order valence-electron chi connectivity index (χ4n) is 5.10. The molecule has 2 aromatic heterocycles. The van der Waals surface area contributed by atoms with Gasteiger partial charge in [-0.25, -0.2) is 14.8 Å². The highest BCUT2D eigenvalue weighted by Gasteiger charge is 2.31. The molecular weight excluding hydrogens is 553 g/mol. The van der Waals surface area contributed by atoms with Crippen LogP contribution in [0.1, 0.15) is 62.5 Å². The molecule has 0 saturated carbocycles. The van der Waals surface area contributed by atoms with Gasteiger partial charge in [0.1, 0.15) is 29.4 Å². The van der Waals surface area contributed by atoms with E-state index < -0.39 is 17.3 Å². The summed E-state index contributed by atoms with van der Waals surface area (Å²) < 4.78 is 51.7. The van der Waals surface area contributed by atoms with E-state index in [9.17, 15) is 22.8 Å². The zero-order valence-corrected chi connectivity index (χ0v) is 23.9. The Morgan fingerprint density at radius 3 is 2.26 bits per heavy atom. The summed E-state index contributed by atoms with van der Waals surface area (Å²) in [6.45, 7) is 7.77. The summed E-state index contributed by atoms with van der Waals surface area (Å²) >= 11 is 0. The molecule has 10 nitrogen and oxygen atoms in total. The van der Waals surface area contributed by atoms with Crippen molar-refractivity contribution in [2.45, 2.75) is 70.4 Å². The first kappa shape index (κ1) is 29.5. The number of hydrogen-bond acceptors (Lipinski definition) is 7. The Balaban J connectivity index is 1.11. The lowest BCUT2D eigenvalue weighted by Gasteiger charge is -2.33. The first-order valence-corrected chi connectivity index (χ1v) is 14.1. The van der Waals surface area contributed by atoms with Gasteiger partial charge < -0.3 is 24.6 Å². The second-order valence-electron chi connectivity index (χ2n) is 11.7. The van der Waals surface area contributed by atoms with Crippen molar-refractivity contribution in [2.75, 3.05) is 31.1 Å². The zero-order valence-electron chi connectivity index (χ0n) is 23.9. The highest BCUT2D eigenvalue weighted by molar-refractivity contribution is 5.93. The number of carbonyl (C=O) groups is 2. The summed E-state index contributed by atoms with van der Waals surface area (Å²) in [6, 6.07) is 6.80. The Labute approximate surface area is 241 Å². The SMILES string of the molecule is CC(C)(C)OC(=O)N1CCC(NC(=O)c2cn3cnc(OC4CCN(c5ccc(C(F)(F)F)cc5)CC4)cc3n2)CC1. The minimum atomic E-state index is -4.35. The van der Waals surface area contributed by atoms with Crippen LogP contribution >= 0.6 is 0 Å². The van der Waals surface area contributed by atoms with Gasteiger partial charge in [-0.2, -0.15) is 13.2 Å². The number of halogens is 3. The summed E-state index contributed by atoms with van der Waals surface area (Å²) in [5.41, 5.74) is 0.311. The van der Waals surface area contributed by atoms with Crippen LogP contribution < -0.4 is 15.0 Å². The number of benzene rings is 1. The molecule has 5 rings (SSSR count). The van der Waals surface area contributed by atoms with Crippen molar-refractivity contribution in [3.63, 3.8) is 0 Å². The number of amides is 2. The highest BCUT2D eigenvalue weighted by Crippen LogP contribution is 2.31. The van der Waals surface area contributed by atoms with Crippen molar-refractivity contribution >= 4 is 23.3 Å². The van der Waals surface area contributed by atoms with Crippen molar-refractivity contribution in [3.05, 3.63) is 54.1 Å². The maximum atomic E-state index is 12.9. The van der Waals surface area contributed by atoms with Gasteiger partial charge in [0, 0.05) is 63.0 Å². The van der Waals surface area contributed by atoms with E-state index in [1.165, 1.54) is 12.1 Å². The third-order valence-electron chi connectivity index (χ3n) is 7.33. The Bertz CT molecular complexity index is 1400. The minimum absolute atomic E-state index is 0.0774. The summed E-state index contributed by atoms with van der Waals surface area (Å²) in [7, 11) is 0. The van der Waals surface area contributed by atoms with Crippen LogP contribution in [0, 0.1) is 0 Å². The molecule has 0 spiro atoms. The van der Waals surface area contributed by atoms with E-state index in [1.54, 1.807) is 27.9 Å². The lowest BCUT2D eigenvalue weighted by molar-refractivity contribution is -0.137. The number of nitrogens with one attached hydrogen (secondary N) is 1. The lowest BCUT2D eigenvalue weighted by atomic mass is 10.1. The Morgan fingerprint density at radius 2 is 1.64 bits per heavy atom. The monoisotopic (exact) mass is 588 g/mol. The molecule has 2 aliphatic rings. The van der Waals surface area contributed by atoms with Crippen molar-refractivity contribution < 1.29 is 32.2 Å². The number of likely N-dealkylation sites (tertiary alicyclic amines) is 1. The van der Waals surface area contributed by atoms with Crippen molar-refractivity contribution in [1.29, 1.82) is 0 Å². The third-order valence-corrected chi connectivity index (χ3v) is 7.33. The molecule has 2 aliphatic heterocycles. The summed E-state index contributed by atoms with van der Waals surface area (Å²) in [4.78, 5) is 37.7. The standard InChI is InChI=1S/C29H35F3N6O4/c1-28(2,3)42-27(40)37-12-8-20(9-13-37)34-26(39)23-17-38-18-33-25(16-24(38)35-23)41-22-10-14-36(15-11-22)21-6-4-19(5-7-21)29(30,31)32/h4-7,16-18,20,22H,8-15H2,1-3H3,(H,34,39). The molecule has 0 unspecified atom stereocenters. The molecule has 3 aromatic rings. The van der Waals surface area contributed by atoms with Crippen LogP contribution in [-0.4, -0.2) is 75.2 Å². The molecule has 42 heavy (non-hydrogen) atoms. The lowest BCUT2D eigenvalue weighted by Crippen LogP contribution is -2.47. The van der Waals surface area contributed by atoms with Gasteiger partial charge in [0.25, 0.3) is 5.91 Å². The van der Waals surface area contributed by atoms with E-state index in [1.807, 2.05) is 25.7 Å². The quantitative estimate of drug-likeness (QED) is 0.451. The molecule has 0 radical (unpaired) electrons. The van der Waals surface area contributed by atoms with Crippen LogP contribution in [0.3, 0.4) is 0 Å². The summed E-state index contributed by atoms with van der Waals surface area (Å²) in [5, 5.41) is 3.01. The second kappa shape index (κ2) is 11.7. The van der Waals surface area contributed by atoms with E-state index in [4.69, 9.17) is 9.47 Å². The number of hydrogen-bond donors (Lipinski definition) is 1. The van der Waals surface area contributed by atoms with Gasteiger partial charge in [-0.1, -0.05) is 0 Å². The topological polar surface area (TPSA) is 101 Å². The van der Waals surface area contributed by atoms with Gasteiger partial charge in [-0.3, -0.25) is 9.20 Å². The molecule has 2 fully saturated rings. The molecule has 13 heteroatoms. The zero-order chi connectivity index (χ0) is 30.1. The van der Waals surface area contributed by atoms with E-state index in [0.717, 1.165) is 17.8 Å². The van der Waals surface area contributed by atoms with Gasteiger partial charge in [0.2, 0.25) is 5.88 Å². The van der Waals surface area contributed by atoms with Crippen molar-refractivity contribution in [1.82, 2.24) is 24.6 Å². The van der Waals surface area contributed by atoms with Gasteiger partial charge in [0.15, 0.2) is 0 Å². The fraction of sp³-hybridized carbons (Fsp3) is 0.517. The maximum absolute atomic E-state index is 12.9. The van der Waals surface area contributed by atoms with Crippen LogP contribution in [0.2, 0.25) is 0 Å². The number of fused-ring (bicyclic) bond motifs is 1. The van der Waals surface area contributed by atoms with Crippen LogP contribution in [0.25, 0.3) is 5.65 Å². The van der Waals surface area contributed by atoms with E-state index in [0.29, 0.717) is 63.4 Å². The second-order valence-corrected chi connectivity index (χ2v) is 11.7. The number of piperidine rings is 2. The molecule has 1 aromatic carbocycles. The highest BCUT2D eigenvalue weighted by atomic mass is 19.4. The first-order valence-electron chi connectivity index (χ1n) is 14.1. The van der Waals surface area contributed by atoms with E-state index >= 15 is 0 Å². The molecule has 4 heterocycles. The van der Waals surface area contributed by atoms with E-state index in [2.05, 4.69) is 15.3 Å². The molecule has 2 amide bonds. The largest absolute Gasteiger partial charge is 0.474 e. The molecule has 226 valence electrons. The molecule has 2 saturated heterocycles. The Morgan fingerprint density at radius 1 is 0.976 bits per heavy atom. The molecular formula is C29H35F3N6O4. The number of aromatic nitrogens is 3. The fourth-order valence-corrected chi connectivity index (χ4v) is 5.10. The van der Waals surface area contributed by atoms with Gasteiger partial charge >= 0.3 is 12.3 Å². The average Bonchev–Trinajstić information content (AvgIpc) is 3.36. The maximum Gasteiger partial charge on any atom is 0.416 e. The number of imidazole rings is 1. The minimum Gasteiger partial charge on any atom is -0.474 e. The number of rotatable bonds is 5. The normalized spacial score (nSPS) is 17.4. The molecule has 0 aliphatic carbocycles. The smallest absolute Gasteiger partial charge is 0.416 e. The predicted molar refractivity (Wildman–Crippen MR) is 149 cm³/mol. The van der Waals surface area contributed by atoms with Crippen molar-refractivity contribution in [3.8, 4) is 5.88 Å². The van der Waals surface area contributed by atoms with Crippen molar-refractivity contribution in [2.24, 2.45) is 0 Å². The van der Waals surface area contributed by atoms with E-state index in [-0.39, 0.29) is 29.8 Å². The van der Waals surface area contributed by atoms with Crippen LogP contribution in [0.5, 0.6) is 5.88 Å². The molecule has 0 bridgehead atoms. The summed E-state index contributed by atoms with van der Waals surface area (Å²) in [6.07, 6.45) is 0.967. The van der Waals surface area contributed by atoms with Crippen LogP contribution in [0.15, 0.2) is 42.9 Å². The number of carbonyl (C=O) groups excluding carboxylic acids is 2. The first-order chi connectivity index (χ1) is 19.8. The third kappa shape index (κ3) is 7.24. The van der Waals surface area contributed by atoms with Crippen LogP contribution in [0.4, 0.5) is 23.7 Å². The van der Waals surface area contributed by atoms with Gasteiger partial charge in [-0.05, 0) is 57.9 Å². The van der Waals surface area contributed by atoms with Crippen LogP contribution in [-0.2, 0) is 10.9 Å².